The molecule has 0 heterocycles. The van der Waals surface area contributed by atoms with Crippen LogP contribution in [0.5, 0.6) is 0 Å². The highest BCUT2D eigenvalue weighted by atomic mass is 15.3. The average Bonchev–Trinajstić information content (AvgIpc) is 2.05. The number of hydrogen-bond acceptors (Lipinski definition) is 3. The number of nitrogen functional groups attached to an aromatic ring is 1. The van der Waals surface area contributed by atoms with Crippen LogP contribution in [0.25, 0.3) is 0 Å². The normalized spacial score (nSPS) is 11.2. The smallest absolute Gasteiger partial charge is 0.150 e. The van der Waals surface area contributed by atoms with E-state index in [1.54, 1.807) is 19.2 Å². The average molecular weight is 164 g/mol. The van der Waals surface area contributed by atoms with Crippen LogP contribution in [0.15, 0.2) is 29.4 Å². The van der Waals surface area contributed by atoms with E-state index in [0.29, 0.717) is 11.5 Å². The molecule has 1 aromatic rings. The Morgan fingerprint density at radius 3 is 2.83 bits per heavy atom. The first-order valence-corrected chi connectivity index (χ1v) is 3.60. The van der Waals surface area contributed by atoms with E-state index in [0.717, 1.165) is 5.56 Å². The van der Waals surface area contributed by atoms with Gasteiger partial charge in [-0.1, -0.05) is 12.1 Å². The highest BCUT2D eigenvalue weighted by Gasteiger charge is 1.96. The number of nitrogens with two attached hydrogens (primary N) is 2. The summed E-state index contributed by atoms with van der Waals surface area (Å²) in [6, 6.07) is 7.27. The summed E-state index contributed by atoms with van der Waals surface area (Å²) in [6.07, 6.45) is 0. The quantitative estimate of drug-likeness (QED) is 0.251. The second-order valence-corrected chi connectivity index (χ2v) is 2.35. The van der Waals surface area contributed by atoms with Crippen molar-refractivity contribution in [1.82, 2.24) is 5.43 Å². The van der Waals surface area contributed by atoms with Crippen LogP contribution in [0.3, 0.4) is 0 Å². The molecule has 0 bridgehead atoms. The Bertz CT molecular complexity index is 293. The van der Waals surface area contributed by atoms with Gasteiger partial charge in [0.25, 0.3) is 0 Å². The van der Waals surface area contributed by atoms with Crippen molar-refractivity contribution in [2.75, 3.05) is 12.8 Å². The number of amidine groups is 1. The van der Waals surface area contributed by atoms with E-state index in [-0.39, 0.29) is 0 Å². The SMILES string of the molecule is CN/N=C(\N)c1cccc(N)c1. The third-order valence-electron chi connectivity index (χ3n) is 1.41. The van der Waals surface area contributed by atoms with Gasteiger partial charge in [-0.2, -0.15) is 5.10 Å². The summed E-state index contributed by atoms with van der Waals surface area (Å²) < 4.78 is 0. The van der Waals surface area contributed by atoms with Gasteiger partial charge in [0.2, 0.25) is 0 Å². The van der Waals surface area contributed by atoms with Gasteiger partial charge in [0.05, 0.1) is 0 Å². The highest BCUT2D eigenvalue weighted by molar-refractivity contribution is 5.97. The van der Waals surface area contributed by atoms with Crippen LogP contribution in [-0.4, -0.2) is 12.9 Å². The molecule has 0 saturated heterocycles. The van der Waals surface area contributed by atoms with Crippen molar-refractivity contribution in [1.29, 1.82) is 0 Å². The first kappa shape index (κ1) is 8.39. The predicted molar refractivity (Wildman–Crippen MR) is 50.6 cm³/mol. The lowest BCUT2D eigenvalue weighted by Crippen LogP contribution is -2.17. The third-order valence-corrected chi connectivity index (χ3v) is 1.41. The van der Waals surface area contributed by atoms with E-state index in [1.165, 1.54) is 0 Å². The molecule has 0 spiro atoms. The Balaban J connectivity index is 2.95. The summed E-state index contributed by atoms with van der Waals surface area (Å²) in [4.78, 5) is 0. The number of nitrogens with zero attached hydrogens (tertiary/aromatic N) is 1. The Labute approximate surface area is 71.3 Å². The maximum Gasteiger partial charge on any atom is 0.150 e. The van der Waals surface area contributed by atoms with Crippen LogP contribution in [0.1, 0.15) is 5.56 Å². The van der Waals surface area contributed by atoms with E-state index in [1.807, 2.05) is 12.1 Å². The monoisotopic (exact) mass is 164 g/mol. The number of hydrazone groups is 1. The van der Waals surface area contributed by atoms with Gasteiger partial charge in [-0.25, -0.2) is 0 Å². The second kappa shape index (κ2) is 3.61. The fourth-order valence-corrected chi connectivity index (χ4v) is 0.883. The molecule has 1 rings (SSSR count). The molecule has 64 valence electrons. The van der Waals surface area contributed by atoms with Crippen LogP contribution in [0, 0.1) is 0 Å². The Morgan fingerprint density at radius 2 is 2.25 bits per heavy atom. The van der Waals surface area contributed by atoms with Crippen LogP contribution in [0.2, 0.25) is 0 Å². The molecule has 0 fully saturated rings. The van der Waals surface area contributed by atoms with Crippen molar-refractivity contribution in [2.24, 2.45) is 10.8 Å². The van der Waals surface area contributed by atoms with Gasteiger partial charge in [-0.05, 0) is 12.1 Å². The lowest BCUT2D eigenvalue weighted by Gasteiger charge is -2.00. The minimum absolute atomic E-state index is 0.435. The number of hydrogen-bond donors (Lipinski definition) is 3. The largest absolute Gasteiger partial charge is 0.399 e. The Kier molecular flexibility index (Phi) is 2.53. The molecule has 0 aliphatic rings. The summed E-state index contributed by atoms with van der Waals surface area (Å²) in [5, 5.41) is 3.82. The fourth-order valence-electron chi connectivity index (χ4n) is 0.883. The fraction of sp³-hybridized carbons (Fsp3) is 0.125. The minimum atomic E-state index is 0.435. The molecule has 5 N–H and O–H groups in total. The Morgan fingerprint density at radius 1 is 1.50 bits per heavy atom. The summed E-state index contributed by atoms with van der Waals surface area (Å²) in [5.41, 5.74) is 15.3. The first-order valence-electron chi connectivity index (χ1n) is 3.60. The molecule has 4 nitrogen and oxygen atoms in total. The summed E-state index contributed by atoms with van der Waals surface area (Å²) in [6.45, 7) is 0. The highest BCUT2D eigenvalue weighted by Crippen LogP contribution is 2.05. The molecule has 0 aromatic heterocycles. The van der Waals surface area contributed by atoms with Gasteiger partial charge >= 0.3 is 0 Å². The van der Waals surface area contributed by atoms with Crippen LogP contribution < -0.4 is 16.9 Å². The molecule has 0 atom stereocenters. The second-order valence-electron chi connectivity index (χ2n) is 2.35. The summed E-state index contributed by atoms with van der Waals surface area (Å²) >= 11 is 0. The standard InChI is InChI=1S/C8H12N4/c1-11-12-8(10)6-3-2-4-7(9)5-6/h2-5,11H,9H2,1H3,(H2,10,12). The maximum absolute atomic E-state index is 5.61. The molecular formula is C8H12N4. The van der Waals surface area contributed by atoms with Crippen molar-refractivity contribution in [3.63, 3.8) is 0 Å². The van der Waals surface area contributed by atoms with Gasteiger partial charge in [0, 0.05) is 18.3 Å². The zero-order valence-electron chi connectivity index (χ0n) is 6.91. The van der Waals surface area contributed by atoms with Gasteiger partial charge < -0.3 is 16.9 Å². The van der Waals surface area contributed by atoms with Crippen LogP contribution in [0.4, 0.5) is 5.69 Å². The minimum Gasteiger partial charge on any atom is -0.399 e. The zero-order chi connectivity index (χ0) is 8.97. The predicted octanol–water partition coefficient (Wildman–Crippen LogP) is 0.108. The lowest BCUT2D eigenvalue weighted by atomic mass is 10.2. The molecule has 12 heavy (non-hydrogen) atoms. The number of anilines is 1. The van der Waals surface area contributed by atoms with Crippen molar-refractivity contribution in [3.8, 4) is 0 Å². The molecule has 0 unspecified atom stereocenters. The van der Waals surface area contributed by atoms with Gasteiger partial charge in [-0.3, -0.25) is 0 Å². The number of benzene rings is 1. The van der Waals surface area contributed by atoms with E-state index in [9.17, 15) is 0 Å². The lowest BCUT2D eigenvalue weighted by molar-refractivity contribution is 0.898. The molecule has 0 saturated carbocycles. The van der Waals surface area contributed by atoms with E-state index < -0.39 is 0 Å². The molecule has 4 heteroatoms. The van der Waals surface area contributed by atoms with E-state index in [2.05, 4.69) is 10.5 Å². The molecule has 1 aromatic carbocycles. The van der Waals surface area contributed by atoms with Crippen molar-refractivity contribution < 1.29 is 0 Å². The summed E-state index contributed by atoms with van der Waals surface area (Å²) in [7, 11) is 1.69. The molecule has 0 amide bonds. The third kappa shape index (κ3) is 1.88. The van der Waals surface area contributed by atoms with E-state index in [4.69, 9.17) is 11.5 Å². The van der Waals surface area contributed by atoms with Crippen LogP contribution >= 0.6 is 0 Å². The van der Waals surface area contributed by atoms with Gasteiger partial charge in [0.15, 0.2) is 5.84 Å². The van der Waals surface area contributed by atoms with E-state index >= 15 is 0 Å². The zero-order valence-corrected chi connectivity index (χ0v) is 6.91. The van der Waals surface area contributed by atoms with Gasteiger partial charge in [-0.15, -0.1) is 0 Å². The molecule has 0 aliphatic heterocycles. The van der Waals surface area contributed by atoms with Crippen molar-refractivity contribution in [3.05, 3.63) is 29.8 Å². The van der Waals surface area contributed by atoms with Crippen molar-refractivity contribution >= 4 is 11.5 Å². The number of nitrogens with one attached hydrogen (secondary N) is 1. The van der Waals surface area contributed by atoms with Gasteiger partial charge in [0.1, 0.15) is 0 Å². The molecule has 0 radical (unpaired) electrons. The van der Waals surface area contributed by atoms with Crippen LogP contribution in [-0.2, 0) is 0 Å². The molecule has 0 aliphatic carbocycles. The maximum atomic E-state index is 5.61. The summed E-state index contributed by atoms with van der Waals surface area (Å²) in [5.74, 6) is 0.435. The molecular weight excluding hydrogens is 152 g/mol. The Hall–Kier alpha value is -1.71. The van der Waals surface area contributed by atoms with Crippen molar-refractivity contribution in [2.45, 2.75) is 0 Å². The topological polar surface area (TPSA) is 76.4 Å². The first-order chi connectivity index (χ1) is 5.74. The number of rotatable bonds is 2.